The Labute approximate surface area is 142 Å². The average molecular weight is 355 g/mol. The molecule has 5 nitrogen and oxygen atoms in total. The lowest BCUT2D eigenvalue weighted by molar-refractivity contribution is -0.139. The Morgan fingerprint density at radius 1 is 1.12 bits per heavy atom. The van der Waals surface area contributed by atoms with Crippen LogP contribution < -0.4 is 15.2 Å². The van der Waals surface area contributed by atoms with Gasteiger partial charge in [0.25, 0.3) is 0 Å². The third-order valence-corrected chi connectivity index (χ3v) is 3.39. The van der Waals surface area contributed by atoms with Gasteiger partial charge in [-0.05, 0) is 29.8 Å². The highest BCUT2D eigenvalue weighted by Crippen LogP contribution is 2.41. The van der Waals surface area contributed by atoms with Gasteiger partial charge in [-0.1, -0.05) is 12.1 Å². The first-order valence-corrected chi connectivity index (χ1v) is 7.11. The first-order chi connectivity index (χ1) is 11.8. The summed E-state index contributed by atoms with van der Waals surface area (Å²) >= 11 is 0. The summed E-state index contributed by atoms with van der Waals surface area (Å²) in [6, 6.07) is 8.38. The van der Waals surface area contributed by atoms with Gasteiger partial charge in [-0.15, -0.1) is 0 Å². The van der Waals surface area contributed by atoms with Crippen LogP contribution in [0, 0.1) is 0 Å². The first kappa shape index (κ1) is 18.4. The summed E-state index contributed by atoms with van der Waals surface area (Å²) in [6.45, 7) is -0.130. The van der Waals surface area contributed by atoms with E-state index in [1.807, 2.05) is 0 Å². The minimum Gasteiger partial charge on any atom is -0.497 e. The van der Waals surface area contributed by atoms with Crippen LogP contribution in [0.5, 0.6) is 11.5 Å². The highest BCUT2D eigenvalue weighted by molar-refractivity contribution is 5.91. The van der Waals surface area contributed by atoms with Crippen LogP contribution in [0.3, 0.4) is 0 Å². The summed E-state index contributed by atoms with van der Waals surface area (Å²) in [5, 5.41) is 0. The van der Waals surface area contributed by atoms with Crippen LogP contribution in [-0.4, -0.2) is 20.2 Å². The molecule has 0 aromatic heterocycles. The fourth-order valence-electron chi connectivity index (χ4n) is 2.14. The standard InChI is InChI=1S/C17H16F3NO4/c1-23-12-5-3-10(4-6-12)9-25-15-13(17(18,19)20)7-11(8-14(15)21)16(22)24-2/h3-8H,9,21H2,1-2H3. The Morgan fingerprint density at radius 2 is 1.76 bits per heavy atom. The Hall–Kier alpha value is -2.90. The molecule has 0 atom stereocenters. The van der Waals surface area contributed by atoms with Gasteiger partial charge in [-0.2, -0.15) is 13.2 Å². The second kappa shape index (κ2) is 7.33. The molecular weight excluding hydrogens is 339 g/mol. The van der Waals surface area contributed by atoms with Crippen molar-refractivity contribution in [2.75, 3.05) is 20.0 Å². The smallest absolute Gasteiger partial charge is 0.420 e. The number of hydrogen-bond acceptors (Lipinski definition) is 5. The molecule has 0 aliphatic heterocycles. The lowest BCUT2D eigenvalue weighted by Gasteiger charge is -2.17. The van der Waals surface area contributed by atoms with Crippen LogP contribution in [0.2, 0.25) is 0 Å². The van der Waals surface area contributed by atoms with E-state index >= 15 is 0 Å². The molecule has 2 N–H and O–H groups in total. The van der Waals surface area contributed by atoms with Gasteiger partial charge in [0.2, 0.25) is 0 Å². The molecule has 0 unspecified atom stereocenters. The molecule has 0 saturated carbocycles. The summed E-state index contributed by atoms with van der Waals surface area (Å²) in [4.78, 5) is 11.5. The highest BCUT2D eigenvalue weighted by Gasteiger charge is 2.36. The minimum absolute atomic E-state index is 0.130. The molecular formula is C17H16F3NO4. The van der Waals surface area contributed by atoms with Crippen LogP contribution in [0.4, 0.5) is 18.9 Å². The number of methoxy groups -OCH3 is 2. The van der Waals surface area contributed by atoms with E-state index < -0.39 is 23.5 Å². The van der Waals surface area contributed by atoms with Crippen molar-refractivity contribution in [2.45, 2.75) is 12.8 Å². The quantitative estimate of drug-likeness (QED) is 0.655. The van der Waals surface area contributed by atoms with Crippen LogP contribution in [0.1, 0.15) is 21.5 Å². The average Bonchev–Trinajstić information content (AvgIpc) is 2.59. The predicted molar refractivity (Wildman–Crippen MR) is 84.5 cm³/mol. The van der Waals surface area contributed by atoms with Gasteiger partial charge >= 0.3 is 12.1 Å². The number of carbonyl (C=O) groups excluding carboxylic acids is 1. The number of anilines is 1. The van der Waals surface area contributed by atoms with Gasteiger partial charge in [0.15, 0.2) is 5.75 Å². The molecule has 0 saturated heterocycles. The van der Waals surface area contributed by atoms with E-state index in [0.717, 1.165) is 13.2 Å². The summed E-state index contributed by atoms with van der Waals surface area (Å²) in [7, 11) is 2.57. The van der Waals surface area contributed by atoms with Gasteiger partial charge in [-0.25, -0.2) is 4.79 Å². The zero-order chi connectivity index (χ0) is 18.6. The zero-order valence-corrected chi connectivity index (χ0v) is 13.5. The van der Waals surface area contributed by atoms with Crippen molar-refractivity contribution in [1.82, 2.24) is 0 Å². The number of benzene rings is 2. The Kier molecular flexibility index (Phi) is 5.41. The minimum atomic E-state index is -4.74. The normalized spacial score (nSPS) is 11.1. The highest BCUT2D eigenvalue weighted by atomic mass is 19.4. The number of hydrogen-bond donors (Lipinski definition) is 1. The number of ether oxygens (including phenoxy) is 3. The maximum Gasteiger partial charge on any atom is 0.420 e. The second-order valence-electron chi connectivity index (χ2n) is 5.07. The molecule has 2 aromatic carbocycles. The number of nitrogens with two attached hydrogens (primary N) is 1. The van der Waals surface area contributed by atoms with Gasteiger partial charge < -0.3 is 19.9 Å². The van der Waals surface area contributed by atoms with Crippen LogP contribution in [-0.2, 0) is 17.5 Å². The van der Waals surface area contributed by atoms with Crippen molar-refractivity contribution in [3.63, 3.8) is 0 Å². The van der Waals surface area contributed by atoms with E-state index in [1.54, 1.807) is 24.3 Å². The summed E-state index contributed by atoms with van der Waals surface area (Å²) in [5.74, 6) is -0.837. The molecule has 134 valence electrons. The van der Waals surface area contributed by atoms with E-state index in [4.69, 9.17) is 15.2 Å². The summed E-state index contributed by atoms with van der Waals surface area (Å²) in [6.07, 6.45) is -4.74. The molecule has 0 aliphatic rings. The van der Waals surface area contributed by atoms with Crippen molar-refractivity contribution in [1.29, 1.82) is 0 Å². The molecule has 0 heterocycles. The Morgan fingerprint density at radius 3 is 2.28 bits per heavy atom. The van der Waals surface area contributed by atoms with Crippen LogP contribution in [0.25, 0.3) is 0 Å². The molecule has 2 rings (SSSR count). The van der Waals surface area contributed by atoms with E-state index in [2.05, 4.69) is 4.74 Å². The van der Waals surface area contributed by atoms with Gasteiger partial charge in [0.1, 0.15) is 17.9 Å². The fourth-order valence-corrected chi connectivity index (χ4v) is 2.14. The molecule has 0 bridgehead atoms. The number of esters is 1. The molecule has 8 heteroatoms. The molecule has 0 fully saturated rings. The summed E-state index contributed by atoms with van der Waals surface area (Å²) in [5.41, 5.74) is 4.56. The fraction of sp³-hybridized carbons (Fsp3) is 0.235. The number of carbonyl (C=O) groups is 1. The van der Waals surface area contributed by atoms with Crippen molar-refractivity contribution < 1.29 is 32.2 Å². The largest absolute Gasteiger partial charge is 0.497 e. The monoisotopic (exact) mass is 355 g/mol. The number of alkyl halides is 3. The number of rotatable bonds is 5. The number of nitrogen functional groups attached to an aromatic ring is 1. The molecule has 0 spiro atoms. The molecule has 25 heavy (non-hydrogen) atoms. The summed E-state index contributed by atoms with van der Waals surface area (Å²) < 4.78 is 54.6. The van der Waals surface area contributed by atoms with Crippen molar-refractivity contribution in [2.24, 2.45) is 0 Å². The van der Waals surface area contributed by atoms with E-state index in [9.17, 15) is 18.0 Å². The second-order valence-corrected chi connectivity index (χ2v) is 5.07. The van der Waals surface area contributed by atoms with Crippen LogP contribution in [0.15, 0.2) is 36.4 Å². The first-order valence-electron chi connectivity index (χ1n) is 7.11. The predicted octanol–water partition coefficient (Wildman–Crippen LogP) is 3.66. The maximum atomic E-state index is 13.3. The molecule has 0 radical (unpaired) electrons. The molecule has 0 amide bonds. The van der Waals surface area contributed by atoms with Gasteiger partial charge in [-0.3, -0.25) is 0 Å². The zero-order valence-electron chi connectivity index (χ0n) is 13.5. The third kappa shape index (κ3) is 4.34. The molecule has 2 aromatic rings. The van der Waals surface area contributed by atoms with E-state index in [1.165, 1.54) is 7.11 Å². The van der Waals surface area contributed by atoms with Gasteiger partial charge in [0, 0.05) is 0 Å². The molecule has 0 aliphatic carbocycles. The Balaban J connectivity index is 2.33. The topological polar surface area (TPSA) is 70.8 Å². The SMILES string of the molecule is COC(=O)c1cc(N)c(OCc2ccc(OC)cc2)c(C(F)(F)F)c1. The number of halogens is 3. The van der Waals surface area contributed by atoms with Gasteiger partial charge in [0.05, 0.1) is 25.5 Å². The Bertz CT molecular complexity index is 758. The maximum absolute atomic E-state index is 13.3. The lowest BCUT2D eigenvalue weighted by Crippen LogP contribution is -2.13. The van der Waals surface area contributed by atoms with Crippen molar-refractivity contribution in [3.8, 4) is 11.5 Å². The van der Waals surface area contributed by atoms with Crippen molar-refractivity contribution in [3.05, 3.63) is 53.1 Å². The van der Waals surface area contributed by atoms with E-state index in [-0.39, 0.29) is 17.9 Å². The third-order valence-electron chi connectivity index (χ3n) is 3.39. The van der Waals surface area contributed by atoms with E-state index in [0.29, 0.717) is 17.4 Å². The lowest BCUT2D eigenvalue weighted by atomic mass is 10.1. The van der Waals surface area contributed by atoms with Crippen LogP contribution >= 0.6 is 0 Å². The van der Waals surface area contributed by atoms with Crippen molar-refractivity contribution >= 4 is 11.7 Å².